The Morgan fingerprint density at radius 2 is 1.44 bits per heavy atom. The molecule has 0 atom stereocenters. The summed E-state index contributed by atoms with van der Waals surface area (Å²) in [6.07, 6.45) is 11.7. The summed E-state index contributed by atoms with van der Waals surface area (Å²) in [4.78, 5) is 0. The fraction of sp³-hybridized carbons (Fsp3) is 0.714. The molecule has 0 aliphatic heterocycles. The zero-order chi connectivity index (χ0) is 12.6. The van der Waals surface area contributed by atoms with Crippen LogP contribution >= 0.6 is 15.9 Å². The van der Waals surface area contributed by atoms with Gasteiger partial charge in [-0.15, -0.1) is 13.2 Å². The minimum absolute atomic E-state index is 0.247. The van der Waals surface area contributed by atoms with Crippen molar-refractivity contribution in [1.29, 1.82) is 0 Å². The van der Waals surface area contributed by atoms with Crippen molar-refractivity contribution in [2.24, 2.45) is 0 Å². The van der Waals surface area contributed by atoms with E-state index in [1.54, 1.807) is 0 Å². The molecule has 0 aliphatic rings. The number of rotatable bonds is 9. The second-order valence-corrected chi connectivity index (χ2v) is 8.60. The number of alkyl halides is 1. The summed E-state index contributed by atoms with van der Waals surface area (Å²) in [5, 5.41) is 1.13. The Balaban J connectivity index is 0. The first-order valence-electron chi connectivity index (χ1n) is 6.46. The predicted octanol–water partition coefficient (Wildman–Crippen LogP) is 5.57. The average Bonchev–Trinajstić information content (AvgIpc) is 2.26. The van der Waals surface area contributed by atoms with E-state index in [2.05, 4.69) is 42.2 Å². The first kappa shape index (κ1) is 18.5. The fourth-order valence-electron chi connectivity index (χ4n) is 1.22. The highest BCUT2D eigenvalue weighted by Gasteiger charge is 1.92. The molecule has 0 unspecified atom stereocenters. The topological polar surface area (TPSA) is 0 Å². The van der Waals surface area contributed by atoms with Crippen molar-refractivity contribution < 1.29 is 0 Å². The van der Waals surface area contributed by atoms with Gasteiger partial charge in [-0.3, -0.25) is 0 Å². The molecule has 0 aromatic carbocycles. The molecule has 0 aromatic heterocycles. The van der Waals surface area contributed by atoms with Crippen LogP contribution in [-0.4, -0.2) is 14.1 Å². The molecule has 0 saturated carbocycles. The zero-order valence-corrected chi connectivity index (χ0v) is 13.9. The van der Waals surface area contributed by atoms with Crippen molar-refractivity contribution in [3.05, 3.63) is 25.3 Å². The zero-order valence-electron chi connectivity index (χ0n) is 11.2. The van der Waals surface area contributed by atoms with Gasteiger partial charge in [-0.1, -0.05) is 60.1 Å². The van der Waals surface area contributed by atoms with Crippen molar-refractivity contribution in [1.82, 2.24) is 0 Å². The largest absolute Gasteiger partial charge is 0.103 e. The normalized spacial score (nSPS) is 9.50. The van der Waals surface area contributed by atoms with Gasteiger partial charge < -0.3 is 0 Å². The van der Waals surface area contributed by atoms with Crippen LogP contribution in [0.1, 0.15) is 38.5 Å². The van der Waals surface area contributed by atoms with Gasteiger partial charge >= 0.3 is 0 Å². The van der Waals surface area contributed by atoms with Gasteiger partial charge in [0.05, 0.1) is 0 Å². The van der Waals surface area contributed by atoms with E-state index in [1.165, 1.54) is 38.1 Å². The molecule has 0 aromatic rings. The molecular formula is C14H29BrSi. The Hall–Kier alpha value is 0.177. The molecule has 0 nitrogen and oxygen atoms in total. The molecule has 2 heteroatoms. The molecule has 16 heavy (non-hydrogen) atoms. The van der Waals surface area contributed by atoms with E-state index in [1.807, 2.05) is 12.2 Å². The lowest BCUT2D eigenvalue weighted by molar-refractivity contribution is 0.809. The average molecular weight is 305 g/mol. The van der Waals surface area contributed by atoms with Crippen LogP contribution in [0.2, 0.25) is 19.1 Å². The van der Waals surface area contributed by atoms with E-state index < -0.39 is 0 Å². The molecule has 0 bridgehead atoms. The molecule has 0 saturated heterocycles. The van der Waals surface area contributed by atoms with Crippen LogP contribution in [0.5, 0.6) is 0 Å². The van der Waals surface area contributed by atoms with E-state index >= 15 is 0 Å². The van der Waals surface area contributed by atoms with E-state index in [0.717, 1.165) is 11.8 Å². The van der Waals surface area contributed by atoms with Crippen LogP contribution in [-0.2, 0) is 0 Å². The highest BCUT2D eigenvalue weighted by molar-refractivity contribution is 9.09. The van der Waals surface area contributed by atoms with Gasteiger partial charge in [-0.25, -0.2) is 0 Å². The molecular weight excluding hydrogens is 276 g/mol. The second-order valence-electron chi connectivity index (χ2n) is 4.44. The van der Waals surface area contributed by atoms with Gasteiger partial charge in [0.1, 0.15) is 0 Å². The van der Waals surface area contributed by atoms with E-state index in [0.29, 0.717) is 0 Å². The van der Waals surface area contributed by atoms with Crippen molar-refractivity contribution in [3.8, 4) is 0 Å². The Bertz CT molecular complexity index is 144. The van der Waals surface area contributed by atoms with Gasteiger partial charge in [0.25, 0.3) is 0 Å². The van der Waals surface area contributed by atoms with Gasteiger partial charge in [-0.05, 0) is 25.7 Å². The van der Waals surface area contributed by atoms with Crippen molar-refractivity contribution >= 4 is 24.7 Å². The molecule has 0 N–H and O–H groups in total. The lowest BCUT2D eigenvalue weighted by atomic mass is 10.2. The van der Waals surface area contributed by atoms with E-state index in [4.69, 9.17) is 0 Å². The fourth-order valence-corrected chi connectivity index (χ4v) is 2.73. The monoisotopic (exact) mass is 304 g/mol. The van der Waals surface area contributed by atoms with Crippen molar-refractivity contribution in [3.63, 3.8) is 0 Å². The summed E-state index contributed by atoms with van der Waals surface area (Å²) in [5.41, 5.74) is 0. The van der Waals surface area contributed by atoms with Crippen molar-refractivity contribution in [2.45, 2.75) is 57.7 Å². The molecule has 0 spiro atoms. The summed E-state index contributed by atoms with van der Waals surface area (Å²) >= 11 is 3.35. The lowest BCUT2D eigenvalue weighted by Gasteiger charge is -1.99. The number of halogens is 1. The Morgan fingerprint density at radius 3 is 1.81 bits per heavy atom. The molecule has 0 heterocycles. The predicted molar refractivity (Wildman–Crippen MR) is 85.6 cm³/mol. The van der Waals surface area contributed by atoms with Crippen LogP contribution in [0.4, 0.5) is 0 Å². The van der Waals surface area contributed by atoms with Crippen LogP contribution in [0.3, 0.4) is 0 Å². The molecule has 0 fully saturated rings. The third kappa shape index (κ3) is 23.8. The summed E-state index contributed by atoms with van der Waals surface area (Å²) in [7, 11) is -0.247. The smallest absolute Gasteiger partial charge is 0.0305 e. The summed E-state index contributed by atoms with van der Waals surface area (Å²) in [5.74, 6) is 0. The standard InChI is InChI=1S/C8H18Si.C6H11Br/c1-4-5-6-7-8-9(2)3;1-2-3-4-5-6-7/h4,9H,1,5-8H2,2-3H3;2H,1,3-6H2. The van der Waals surface area contributed by atoms with E-state index in [9.17, 15) is 0 Å². The molecule has 0 amide bonds. The minimum atomic E-state index is -0.247. The first-order valence-corrected chi connectivity index (χ1v) is 10.7. The van der Waals surface area contributed by atoms with Gasteiger partial charge in [0.2, 0.25) is 0 Å². The SMILES string of the molecule is C=CCCCCBr.C=CCCCC[SiH](C)C. The third-order valence-corrected chi connectivity index (χ3v) is 4.36. The van der Waals surface area contributed by atoms with Crippen LogP contribution in [0.15, 0.2) is 25.3 Å². The first-order chi connectivity index (χ1) is 7.68. The number of hydrogen-bond acceptors (Lipinski definition) is 0. The van der Waals surface area contributed by atoms with Crippen LogP contribution in [0.25, 0.3) is 0 Å². The number of allylic oxidation sites excluding steroid dienone is 2. The highest BCUT2D eigenvalue weighted by Crippen LogP contribution is 2.03. The molecule has 0 aliphatic carbocycles. The summed E-state index contributed by atoms with van der Waals surface area (Å²) in [6, 6.07) is 1.51. The van der Waals surface area contributed by atoms with E-state index in [-0.39, 0.29) is 8.80 Å². The molecule has 0 radical (unpaired) electrons. The maximum atomic E-state index is 3.69. The Morgan fingerprint density at radius 1 is 0.938 bits per heavy atom. The van der Waals surface area contributed by atoms with Crippen molar-refractivity contribution in [2.75, 3.05) is 5.33 Å². The Labute approximate surface area is 113 Å². The minimum Gasteiger partial charge on any atom is -0.103 e. The van der Waals surface area contributed by atoms with Crippen LogP contribution < -0.4 is 0 Å². The quantitative estimate of drug-likeness (QED) is 0.226. The van der Waals surface area contributed by atoms with Crippen LogP contribution in [0, 0.1) is 0 Å². The highest BCUT2D eigenvalue weighted by atomic mass is 79.9. The summed E-state index contributed by atoms with van der Waals surface area (Å²) in [6.45, 7) is 12.1. The number of hydrogen-bond donors (Lipinski definition) is 0. The second kappa shape index (κ2) is 17.6. The lowest BCUT2D eigenvalue weighted by Crippen LogP contribution is -1.97. The third-order valence-electron chi connectivity index (χ3n) is 2.23. The van der Waals surface area contributed by atoms with Gasteiger partial charge in [0.15, 0.2) is 0 Å². The molecule has 96 valence electrons. The maximum absolute atomic E-state index is 3.69. The number of unbranched alkanes of at least 4 members (excludes halogenated alkanes) is 4. The Kier molecular flexibility index (Phi) is 20.4. The molecule has 0 rings (SSSR count). The maximum Gasteiger partial charge on any atom is 0.0305 e. The van der Waals surface area contributed by atoms with Gasteiger partial charge in [-0.2, -0.15) is 0 Å². The van der Waals surface area contributed by atoms with Gasteiger partial charge in [0, 0.05) is 14.1 Å². The summed E-state index contributed by atoms with van der Waals surface area (Å²) < 4.78 is 0.